The van der Waals surface area contributed by atoms with E-state index < -0.39 is 46.6 Å². The average Bonchev–Trinajstić information content (AvgIpc) is 3.39. The lowest BCUT2D eigenvalue weighted by Crippen LogP contribution is -2.44. The third-order valence-electron chi connectivity index (χ3n) is 6.76. The second kappa shape index (κ2) is 15.0. The third kappa shape index (κ3) is 7.91. The molecular weight excluding hydrogens is 582 g/mol. The molecule has 5 rings (SSSR count). The highest BCUT2D eigenvalue weighted by Crippen LogP contribution is 2.39. The van der Waals surface area contributed by atoms with Gasteiger partial charge in [0.25, 0.3) is 0 Å². The van der Waals surface area contributed by atoms with Gasteiger partial charge in [-0.1, -0.05) is 72.8 Å². The van der Waals surface area contributed by atoms with Gasteiger partial charge >= 0.3 is 23.9 Å². The second-order valence-electron chi connectivity index (χ2n) is 9.75. The number of ether oxygens (including phenoxy) is 3. The van der Waals surface area contributed by atoms with Gasteiger partial charge in [-0.15, -0.1) is 11.8 Å². The fraction of sp³-hybridized carbons (Fsp3) is 0.176. The van der Waals surface area contributed by atoms with Crippen molar-refractivity contribution in [1.29, 1.82) is 0 Å². The number of rotatable bonds is 11. The van der Waals surface area contributed by atoms with Crippen LogP contribution >= 0.6 is 11.8 Å². The zero-order chi connectivity index (χ0) is 30.7. The Morgan fingerprint density at radius 1 is 0.523 bits per heavy atom. The molecule has 44 heavy (non-hydrogen) atoms. The molecule has 1 aliphatic rings. The Balaban J connectivity index is 1.37. The Morgan fingerprint density at radius 3 is 1.36 bits per heavy atom. The molecule has 1 unspecified atom stereocenters. The lowest BCUT2D eigenvalue weighted by molar-refractivity contribution is -0.0384. The number of thioether (sulfide) groups is 1. The van der Waals surface area contributed by atoms with E-state index in [1.54, 1.807) is 121 Å². The number of esters is 3. The Labute approximate surface area is 258 Å². The molecular formula is C34H29NO8S. The van der Waals surface area contributed by atoms with Crippen LogP contribution in [0.15, 0.2) is 121 Å². The van der Waals surface area contributed by atoms with Gasteiger partial charge in [0.05, 0.1) is 32.8 Å². The maximum Gasteiger partial charge on any atom is 0.356 e. The van der Waals surface area contributed by atoms with Crippen LogP contribution in [0.25, 0.3) is 0 Å². The molecule has 1 heterocycles. The molecule has 1 aliphatic heterocycles. The maximum atomic E-state index is 13.2. The molecule has 0 spiro atoms. The highest BCUT2D eigenvalue weighted by Gasteiger charge is 2.49. The number of benzene rings is 4. The van der Waals surface area contributed by atoms with Crippen LogP contribution in [0.1, 0.15) is 41.4 Å². The van der Waals surface area contributed by atoms with E-state index in [0.717, 1.165) is 0 Å². The maximum absolute atomic E-state index is 13.2. The van der Waals surface area contributed by atoms with Crippen molar-refractivity contribution >= 4 is 35.6 Å². The van der Waals surface area contributed by atoms with Crippen LogP contribution in [0, 0.1) is 0 Å². The highest BCUT2D eigenvalue weighted by atomic mass is 32.2. The molecule has 9 nitrogen and oxygen atoms in total. The van der Waals surface area contributed by atoms with Gasteiger partial charge in [0.2, 0.25) is 0 Å². The van der Waals surface area contributed by atoms with Crippen molar-refractivity contribution in [2.45, 2.75) is 22.7 Å². The normalized spacial score (nSPS) is 19.0. The summed E-state index contributed by atoms with van der Waals surface area (Å²) in [6.07, 6.45) is -1.98. The van der Waals surface area contributed by atoms with Crippen molar-refractivity contribution in [1.82, 2.24) is 5.48 Å². The number of carbonyl (C=O) groups is 4. The zero-order valence-corrected chi connectivity index (χ0v) is 24.3. The fourth-order valence-electron chi connectivity index (χ4n) is 4.56. The summed E-state index contributed by atoms with van der Waals surface area (Å²) < 4.78 is 17.5. The van der Waals surface area contributed by atoms with Crippen LogP contribution in [0.3, 0.4) is 0 Å². The third-order valence-corrected chi connectivity index (χ3v) is 8.30. The highest BCUT2D eigenvalue weighted by molar-refractivity contribution is 8.01. The summed E-state index contributed by atoms with van der Waals surface area (Å²) >= 11 is 1.30. The van der Waals surface area contributed by atoms with Gasteiger partial charge in [0, 0.05) is 6.54 Å². The van der Waals surface area contributed by atoms with E-state index in [1.807, 2.05) is 0 Å². The van der Waals surface area contributed by atoms with Crippen LogP contribution in [0.5, 0.6) is 0 Å². The van der Waals surface area contributed by atoms with Crippen LogP contribution in [-0.2, 0) is 19.0 Å². The van der Waals surface area contributed by atoms with Gasteiger partial charge in [0.15, 0.2) is 12.2 Å². The molecule has 10 heteroatoms. The molecule has 224 valence electrons. The summed E-state index contributed by atoms with van der Waals surface area (Å²) in [4.78, 5) is 57.0. The van der Waals surface area contributed by atoms with Crippen molar-refractivity contribution < 1.29 is 38.2 Å². The summed E-state index contributed by atoms with van der Waals surface area (Å²) in [5.74, 6) is -2.38. The molecule has 1 fully saturated rings. The molecule has 4 aromatic rings. The lowest BCUT2D eigenvalue weighted by Gasteiger charge is -2.26. The zero-order valence-electron chi connectivity index (χ0n) is 23.4. The Morgan fingerprint density at radius 2 is 0.909 bits per heavy atom. The van der Waals surface area contributed by atoms with E-state index in [0.29, 0.717) is 22.3 Å². The molecule has 0 aliphatic carbocycles. The van der Waals surface area contributed by atoms with Crippen molar-refractivity contribution in [2.75, 3.05) is 13.2 Å². The first-order chi connectivity index (χ1) is 21.5. The number of nitrogens with one attached hydrogen (secondary N) is 1. The van der Waals surface area contributed by atoms with Gasteiger partial charge in [-0.2, -0.15) is 5.48 Å². The number of carbonyl (C=O) groups excluding carboxylic acids is 4. The number of hydroxylamine groups is 1. The monoisotopic (exact) mass is 611 g/mol. The smallest absolute Gasteiger partial charge is 0.356 e. The van der Waals surface area contributed by atoms with Crippen molar-refractivity contribution in [3.63, 3.8) is 0 Å². The topological polar surface area (TPSA) is 117 Å². The molecule has 0 amide bonds. The summed E-state index contributed by atoms with van der Waals surface area (Å²) in [6, 6.07) is 33.8. The minimum Gasteiger partial charge on any atom is -0.461 e. The average molecular weight is 612 g/mol. The molecule has 4 aromatic carbocycles. The van der Waals surface area contributed by atoms with Crippen LogP contribution in [0.2, 0.25) is 0 Å². The van der Waals surface area contributed by atoms with E-state index in [2.05, 4.69) is 5.48 Å². The number of hydrogen-bond acceptors (Lipinski definition) is 10. The van der Waals surface area contributed by atoms with Crippen molar-refractivity contribution in [3.05, 3.63) is 144 Å². The quantitative estimate of drug-likeness (QED) is 0.139. The molecule has 0 radical (unpaired) electrons. The van der Waals surface area contributed by atoms with Gasteiger partial charge < -0.3 is 19.0 Å². The molecule has 0 saturated carbocycles. The van der Waals surface area contributed by atoms with Crippen molar-refractivity contribution in [3.8, 4) is 0 Å². The first-order valence-electron chi connectivity index (χ1n) is 13.9. The summed E-state index contributed by atoms with van der Waals surface area (Å²) in [5.41, 5.74) is 4.02. The van der Waals surface area contributed by atoms with E-state index in [1.165, 1.54) is 11.8 Å². The Bertz CT molecular complexity index is 1550. The van der Waals surface area contributed by atoms with E-state index in [4.69, 9.17) is 19.0 Å². The predicted octanol–water partition coefficient (Wildman–Crippen LogP) is 5.14. The summed E-state index contributed by atoms with van der Waals surface area (Å²) in [6.45, 7) is -0.0939. The lowest BCUT2D eigenvalue weighted by atomic mass is 10.1. The van der Waals surface area contributed by atoms with Gasteiger partial charge in [-0.05, 0) is 48.5 Å². The van der Waals surface area contributed by atoms with Crippen LogP contribution < -0.4 is 5.48 Å². The molecule has 0 bridgehead atoms. The number of hydrogen-bond donors (Lipinski definition) is 1. The van der Waals surface area contributed by atoms with Crippen LogP contribution in [0.4, 0.5) is 0 Å². The first kappa shape index (κ1) is 30.5. The largest absolute Gasteiger partial charge is 0.461 e. The minimum atomic E-state index is -0.999. The second-order valence-corrected chi connectivity index (χ2v) is 11.2. The van der Waals surface area contributed by atoms with Gasteiger partial charge in [0.1, 0.15) is 6.61 Å². The van der Waals surface area contributed by atoms with E-state index in [-0.39, 0.29) is 13.2 Å². The Kier molecular flexibility index (Phi) is 10.4. The first-order valence-corrected chi connectivity index (χ1v) is 14.8. The van der Waals surface area contributed by atoms with E-state index in [9.17, 15) is 19.2 Å². The SMILES string of the molecule is O=C(OC[C@H]1SC(CNOC(=O)c2ccccc2)[C@H](OC(=O)c2ccccc2)[C@H]1OC(=O)c1ccccc1)c1ccccc1. The van der Waals surface area contributed by atoms with Gasteiger partial charge in [-0.3, -0.25) is 0 Å². The van der Waals surface area contributed by atoms with Gasteiger partial charge in [-0.25, -0.2) is 19.2 Å². The summed E-state index contributed by atoms with van der Waals surface area (Å²) in [7, 11) is 0. The Hall–Kier alpha value is -4.93. The molecule has 1 saturated heterocycles. The van der Waals surface area contributed by atoms with E-state index >= 15 is 0 Å². The fourth-order valence-corrected chi connectivity index (χ4v) is 6.05. The van der Waals surface area contributed by atoms with Crippen LogP contribution in [-0.4, -0.2) is 59.7 Å². The molecule has 1 N–H and O–H groups in total. The van der Waals surface area contributed by atoms with Crippen molar-refractivity contribution in [2.24, 2.45) is 0 Å². The minimum absolute atomic E-state index is 0.0402. The predicted molar refractivity (Wildman–Crippen MR) is 163 cm³/mol. The summed E-state index contributed by atoms with van der Waals surface area (Å²) in [5, 5.41) is -1.17. The molecule has 0 aromatic heterocycles. The standard InChI is InChI=1S/C34H29NO8S/c36-31(23-13-5-1-6-14-23)40-22-28-30(42-33(38)25-17-9-3-10-18-25)29(41-32(37)24-15-7-2-8-16-24)27(44-28)21-35-43-34(39)26-19-11-4-12-20-26/h1-20,27-30,35H,21-22H2/t27?,28-,29+,30+/m1/s1. The molecule has 4 atom stereocenters.